The van der Waals surface area contributed by atoms with Gasteiger partial charge < -0.3 is 27.6 Å². The van der Waals surface area contributed by atoms with Crippen LogP contribution in [0.2, 0.25) is 0 Å². The summed E-state index contributed by atoms with van der Waals surface area (Å²) in [6, 6.07) is 54.1. The number of hydrogen-bond acceptors (Lipinski definition) is 8. The molecular weight excluding hydrogens is 2240 g/mol. The average molecular weight is 2290 g/mol. The van der Waals surface area contributed by atoms with Gasteiger partial charge in [-0.25, -0.2) is 30.6 Å². The second-order valence-electron chi connectivity index (χ2n) is 21.4. The Kier molecular flexibility index (Phi) is 36.8. The first kappa shape index (κ1) is 88.3. The van der Waals surface area contributed by atoms with Gasteiger partial charge in [0, 0.05) is 48.0 Å². The SMILES string of the molecule is CC#N.CC#N.Cc1ccc(-c2c(Br)c(Br)nn2[BH-](n2nc(Br)c(Br)c2-c2ccc(C)cc2)n2nc(Br)c(Br)c2-c2ccc(C)cc2)cc1.Cc1ccc(-c2c(Br)c(Br)nn2[BH-](n2nc(Br)c(Br)c2-c2ccc(C)cc2)n2nc(Br)c(Br)c2-c2ccc(C)cc2)cc1.ClCCl.ClCCl.[Cu+].[Cu+]. The van der Waals surface area contributed by atoms with Crippen molar-refractivity contribution in [2.24, 2.45) is 0 Å². The number of benzene rings is 6. The van der Waals surface area contributed by atoms with Crippen LogP contribution >= 0.6 is 238 Å². The summed E-state index contributed by atoms with van der Waals surface area (Å²) < 4.78 is 21.4. The van der Waals surface area contributed by atoms with Crippen LogP contribution in [0.15, 0.2) is 200 Å². The third-order valence-electron chi connectivity index (χ3n) is 14.7. The minimum Gasteiger partial charge on any atom is -0.394 e. The molecule has 34 heteroatoms. The summed E-state index contributed by atoms with van der Waals surface area (Å²) >= 11 is 64.4. The van der Waals surface area contributed by atoms with Gasteiger partial charge in [0.15, 0.2) is 0 Å². The minimum absolute atomic E-state index is 0. The van der Waals surface area contributed by atoms with E-state index in [1.54, 1.807) is 12.1 Å². The average Bonchev–Trinajstić information content (AvgIpc) is 1.58. The molecule has 0 bridgehead atoms. The van der Waals surface area contributed by atoms with Crippen LogP contribution in [0.3, 0.4) is 0 Å². The van der Waals surface area contributed by atoms with E-state index in [2.05, 4.69) is 378 Å². The third-order valence-corrected chi connectivity index (χ3v) is 25.7. The van der Waals surface area contributed by atoms with E-state index in [1.807, 2.05) is 27.6 Å². The van der Waals surface area contributed by atoms with Crippen LogP contribution in [0, 0.1) is 64.2 Å². The number of aromatic nitrogens is 12. The molecule has 0 atom stereocenters. The van der Waals surface area contributed by atoms with E-state index >= 15 is 0 Å². The first-order valence-electron chi connectivity index (χ1n) is 29.0. The summed E-state index contributed by atoms with van der Waals surface area (Å²) in [6.45, 7) is 15.4. The number of nitrogens with zero attached hydrogens (tertiary/aromatic N) is 14. The number of aryl methyl sites for hydroxylation is 6. The maximum atomic E-state index is 7.32. The van der Waals surface area contributed by atoms with Crippen molar-refractivity contribution in [2.75, 3.05) is 10.7 Å². The quantitative estimate of drug-likeness (QED) is 0.0865. The van der Waals surface area contributed by atoms with Crippen molar-refractivity contribution in [2.45, 2.75) is 55.4 Å². The Bertz CT molecular complexity index is 4040. The van der Waals surface area contributed by atoms with Gasteiger partial charge >= 0.3 is 48.4 Å². The van der Waals surface area contributed by atoms with Gasteiger partial charge in [0.2, 0.25) is 0 Å². The molecule has 0 aliphatic heterocycles. The predicted molar refractivity (Wildman–Crippen MR) is 449 cm³/mol. The molecule has 528 valence electrons. The van der Waals surface area contributed by atoms with E-state index in [0.29, 0.717) is 27.6 Å². The van der Waals surface area contributed by atoms with E-state index in [9.17, 15) is 0 Å². The molecule has 0 saturated carbocycles. The summed E-state index contributed by atoms with van der Waals surface area (Å²) in [5, 5.41) is 45.5. The van der Waals surface area contributed by atoms with Crippen molar-refractivity contribution in [3.8, 4) is 79.7 Å². The molecule has 12 aromatic rings. The number of rotatable bonds is 12. The zero-order valence-electron chi connectivity index (χ0n) is 53.6. The molecule has 0 saturated heterocycles. The maximum Gasteiger partial charge on any atom is 1.00 e. The molecule has 6 heterocycles. The second-order valence-corrected chi connectivity index (χ2v) is 32.3. The Balaban J connectivity index is 0.000000306. The molecule has 0 amide bonds. The summed E-state index contributed by atoms with van der Waals surface area (Å²) in [5.74, 6) is 0. The van der Waals surface area contributed by atoms with Gasteiger partial charge in [-0.05, 0) is 266 Å². The van der Waals surface area contributed by atoms with Gasteiger partial charge in [-0.15, -0.1) is 46.4 Å². The van der Waals surface area contributed by atoms with E-state index in [1.165, 1.54) is 47.2 Å². The normalized spacial score (nSPS) is 10.5. The van der Waals surface area contributed by atoms with E-state index < -0.39 is 14.2 Å². The molecule has 14 nitrogen and oxygen atoms in total. The molecule has 6 aromatic carbocycles. The molecule has 100 heavy (non-hydrogen) atoms. The first-order valence-corrected chi connectivity index (χ1v) is 40.6. The van der Waals surface area contributed by atoms with Crippen LogP contribution < -0.4 is 0 Å². The number of nitriles is 2. The van der Waals surface area contributed by atoms with Crippen LogP contribution in [0.4, 0.5) is 0 Å². The first-order chi connectivity index (χ1) is 46.7. The van der Waals surface area contributed by atoms with Gasteiger partial charge in [0.05, 0.1) is 49.7 Å². The minimum atomic E-state index is -1.93. The zero-order chi connectivity index (χ0) is 72.0. The smallest absolute Gasteiger partial charge is 0.394 e. The molecular formula is C66H54B2Br12Cl4Cu2N14. The van der Waals surface area contributed by atoms with Crippen molar-refractivity contribution in [1.82, 2.24) is 58.1 Å². The van der Waals surface area contributed by atoms with Crippen LogP contribution in [0.25, 0.3) is 67.5 Å². The molecule has 0 unspecified atom stereocenters. The Hall–Kier alpha value is -2.35. The fourth-order valence-electron chi connectivity index (χ4n) is 10.4. The summed E-state index contributed by atoms with van der Waals surface area (Å²) in [7, 11) is -3.86. The van der Waals surface area contributed by atoms with Gasteiger partial charge in [0.25, 0.3) is 0 Å². The van der Waals surface area contributed by atoms with Crippen molar-refractivity contribution in [1.29, 1.82) is 10.5 Å². The van der Waals surface area contributed by atoms with Gasteiger partial charge in [-0.2, -0.15) is 10.5 Å². The van der Waals surface area contributed by atoms with Crippen LogP contribution in [-0.2, 0) is 34.1 Å². The number of alkyl halides is 4. The Morgan fingerprint density at radius 3 is 0.480 bits per heavy atom. The monoisotopic (exact) mass is 2280 g/mol. The van der Waals surface area contributed by atoms with Crippen molar-refractivity contribution in [3.05, 3.63) is 233 Å². The largest absolute Gasteiger partial charge is 1.00 e. The fraction of sp³-hybridized carbons (Fsp3) is 0.152. The Morgan fingerprint density at radius 2 is 0.380 bits per heavy atom. The van der Waals surface area contributed by atoms with Crippen molar-refractivity contribution < 1.29 is 34.1 Å². The molecule has 0 radical (unpaired) electrons. The molecule has 12 rings (SSSR count). The molecule has 0 spiro atoms. The summed E-state index contributed by atoms with van der Waals surface area (Å²) in [4.78, 5) is 0. The van der Waals surface area contributed by atoms with Gasteiger partial charge in [0.1, 0.15) is 27.6 Å². The topological polar surface area (TPSA) is 154 Å². The molecule has 6 aromatic heterocycles. The molecule has 0 fully saturated rings. The van der Waals surface area contributed by atoms with Gasteiger partial charge in [-0.3, -0.25) is 0 Å². The predicted octanol–water partition coefficient (Wildman–Crippen LogP) is 24.8. The van der Waals surface area contributed by atoms with Crippen molar-refractivity contribution in [3.63, 3.8) is 0 Å². The number of hydrogen-bond donors (Lipinski definition) is 0. The Labute approximate surface area is 723 Å². The van der Waals surface area contributed by atoms with E-state index in [-0.39, 0.29) is 44.8 Å². The standard InChI is InChI=1S/2C30H22BBr6N6.2C2H3N.2CH2Cl2.2Cu/c2*1-16-4-10-19(11-5-16)25-22(32)28(35)38-41(25)31(42-26(23(33)29(36)39-42)20-12-6-17(2)7-13-20)43-27(24(34)30(37)40-43)21-14-8-18(3)9-15-21;2*1-2-3;2*2-1-3;;/h2*4-15,31H,1-3H3;2*1H3;2*1H2;;/q2*-1;;;;;2*+1. The van der Waals surface area contributed by atoms with E-state index in [4.69, 9.17) is 87.5 Å². The maximum absolute atomic E-state index is 7.32. The van der Waals surface area contributed by atoms with Crippen LogP contribution in [-0.4, -0.2) is 83.1 Å². The van der Waals surface area contributed by atoms with Crippen LogP contribution in [0.1, 0.15) is 47.2 Å². The number of halogens is 16. The summed E-state index contributed by atoms with van der Waals surface area (Å²) in [6.07, 6.45) is 0. The molecule has 0 N–H and O–H groups in total. The van der Waals surface area contributed by atoms with Crippen LogP contribution in [0.5, 0.6) is 0 Å². The zero-order valence-corrected chi connectivity index (χ0v) is 77.5. The molecule has 0 aliphatic carbocycles. The fourth-order valence-corrected chi connectivity index (χ4v) is 15.7. The van der Waals surface area contributed by atoms with E-state index in [0.717, 1.165) is 94.4 Å². The Morgan fingerprint density at radius 1 is 0.280 bits per heavy atom. The summed E-state index contributed by atoms with van der Waals surface area (Å²) in [5.41, 5.74) is 18.6. The van der Waals surface area contributed by atoms with Crippen molar-refractivity contribution >= 4 is 252 Å². The molecule has 0 aliphatic rings. The third kappa shape index (κ3) is 21.1. The second kappa shape index (κ2) is 41.7. The van der Waals surface area contributed by atoms with Gasteiger partial charge in [-0.1, -0.05) is 179 Å².